The quantitative estimate of drug-likeness (QED) is 0.831. The van der Waals surface area contributed by atoms with E-state index in [9.17, 15) is 8.78 Å². The summed E-state index contributed by atoms with van der Waals surface area (Å²) >= 11 is 3.03. The van der Waals surface area contributed by atoms with Crippen molar-refractivity contribution in [1.29, 1.82) is 10.5 Å². The fraction of sp³-hybridized carbons (Fsp3) is 0.222. The van der Waals surface area contributed by atoms with E-state index in [1.54, 1.807) is 6.07 Å². The molecule has 1 aromatic rings. The number of rotatable bonds is 2. The van der Waals surface area contributed by atoms with Crippen molar-refractivity contribution in [3.8, 4) is 12.1 Å². The van der Waals surface area contributed by atoms with Gasteiger partial charge in [0.2, 0.25) is 0 Å². The summed E-state index contributed by atoms with van der Waals surface area (Å²) in [6.07, 6.45) is -2.77. The van der Waals surface area contributed by atoms with E-state index in [1.165, 1.54) is 0 Å². The van der Waals surface area contributed by atoms with Gasteiger partial charge < -0.3 is 0 Å². The fourth-order valence-electron chi connectivity index (χ4n) is 1.01. The third-order valence-electron chi connectivity index (χ3n) is 1.67. The fourth-order valence-corrected chi connectivity index (χ4v) is 1.57. The molecule has 0 N–H and O–H groups in total. The van der Waals surface area contributed by atoms with Gasteiger partial charge in [0.15, 0.2) is 0 Å². The molecule has 0 atom stereocenters. The summed E-state index contributed by atoms with van der Waals surface area (Å²) in [5.74, 6) is 0. The Kier molecular flexibility index (Phi) is 3.70. The smallest absolute Gasteiger partial charge is 0.236 e. The van der Waals surface area contributed by atoms with E-state index < -0.39 is 12.1 Å². The van der Waals surface area contributed by atoms with E-state index in [-0.39, 0.29) is 12.1 Å². The van der Waals surface area contributed by atoms with Gasteiger partial charge in [-0.15, -0.1) is 0 Å². The maximum absolute atomic E-state index is 12.3. The van der Waals surface area contributed by atoms with Crippen molar-refractivity contribution in [3.63, 3.8) is 0 Å². The summed E-state index contributed by atoms with van der Waals surface area (Å²) in [5, 5.41) is 17.2. The largest absolute Gasteiger partial charge is 0.280 e. The molecule has 15 heavy (non-hydrogen) atoms. The molecule has 0 saturated heterocycles. The first kappa shape index (κ1) is 11.5. The van der Waals surface area contributed by atoms with Gasteiger partial charge in [0.05, 0.1) is 12.5 Å². The molecule has 0 spiro atoms. The van der Waals surface area contributed by atoms with Crippen LogP contribution in [0.15, 0.2) is 10.5 Å². The number of halogens is 3. The van der Waals surface area contributed by atoms with Gasteiger partial charge in [-0.1, -0.05) is 15.9 Å². The van der Waals surface area contributed by atoms with Crippen molar-refractivity contribution in [2.75, 3.05) is 0 Å². The van der Waals surface area contributed by atoms with Gasteiger partial charge >= 0.3 is 0 Å². The predicted octanol–water partition coefficient (Wildman–Crippen LogP) is 2.72. The Labute approximate surface area is 93.1 Å². The van der Waals surface area contributed by atoms with Crippen LogP contribution in [0.1, 0.15) is 23.4 Å². The molecule has 76 valence electrons. The van der Waals surface area contributed by atoms with Gasteiger partial charge in [-0.3, -0.25) is 0 Å². The number of hydrogen-bond acceptors (Lipinski definition) is 3. The first-order chi connectivity index (χ1) is 7.10. The van der Waals surface area contributed by atoms with E-state index in [0.29, 0.717) is 10.0 Å². The molecule has 0 amide bonds. The van der Waals surface area contributed by atoms with Crippen LogP contribution < -0.4 is 0 Å². The summed E-state index contributed by atoms with van der Waals surface area (Å²) < 4.78 is 25.0. The molecule has 3 nitrogen and oxygen atoms in total. The molecule has 0 unspecified atom stereocenters. The van der Waals surface area contributed by atoms with Gasteiger partial charge in [-0.25, -0.2) is 13.8 Å². The summed E-state index contributed by atoms with van der Waals surface area (Å²) in [5.41, 5.74) is -0.272. The lowest BCUT2D eigenvalue weighted by molar-refractivity contribution is 0.146. The van der Waals surface area contributed by atoms with Crippen LogP contribution in [0.2, 0.25) is 0 Å². The molecule has 6 heteroatoms. The standard InChI is InChI=1S/C9H4BrF2N3/c10-6-3-7(9(11)12)15-8(4-14)5(6)1-2-13/h3,9H,1H2. The molecule has 0 aliphatic heterocycles. The first-order valence-corrected chi connectivity index (χ1v) is 4.64. The maximum atomic E-state index is 12.3. The van der Waals surface area contributed by atoms with Gasteiger partial charge in [-0.2, -0.15) is 10.5 Å². The van der Waals surface area contributed by atoms with Crippen molar-refractivity contribution in [2.45, 2.75) is 12.8 Å². The van der Waals surface area contributed by atoms with Crippen molar-refractivity contribution in [3.05, 3.63) is 27.5 Å². The summed E-state index contributed by atoms with van der Waals surface area (Å²) in [6, 6.07) is 4.65. The van der Waals surface area contributed by atoms with Crippen LogP contribution in [0.4, 0.5) is 8.78 Å². The monoisotopic (exact) mass is 271 g/mol. The predicted molar refractivity (Wildman–Crippen MR) is 50.9 cm³/mol. The molecule has 0 radical (unpaired) electrons. The normalized spacial score (nSPS) is 9.73. The molecule has 0 bridgehead atoms. The van der Waals surface area contributed by atoms with Gasteiger partial charge in [0.25, 0.3) is 6.43 Å². The van der Waals surface area contributed by atoms with Crippen LogP contribution in [0.5, 0.6) is 0 Å². The average molecular weight is 272 g/mol. The van der Waals surface area contributed by atoms with Crippen molar-refractivity contribution in [2.24, 2.45) is 0 Å². The number of hydrogen-bond donors (Lipinski definition) is 0. The minimum absolute atomic E-state index is 0.0417. The Morgan fingerprint density at radius 2 is 2.13 bits per heavy atom. The van der Waals surface area contributed by atoms with E-state index in [2.05, 4.69) is 20.9 Å². The molecular weight excluding hydrogens is 268 g/mol. The second-order valence-corrected chi connectivity index (χ2v) is 3.46. The van der Waals surface area contributed by atoms with Crippen molar-refractivity contribution >= 4 is 15.9 Å². The zero-order chi connectivity index (χ0) is 11.4. The van der Waals surface area contributed by atoms with Crippen molar-refractivity contribution in [1.82, 2.24) is 4.98 Å². The molecule has 1 aromatic heterocycles. The van der Waals surface area contributed by atoms with Crippen LogP contribution in [-0.4, -0.2) is 4.98 Å². The SMILES string of the molecule is N#CCc1c(Br)cc(C(F)F)nc1C#N. The Morgan fingerprint density at radius 1 is 1.47 bits per heavy atom. The summed E-state index contributed by atoms with van der Waals surface area (Å²) in [7, 11) is 0. The number of nitrogens with zero attached hydrogens (tertiary/aromatic N) is 3. The lowest BCUT2D eigenvalue weighted by atomic mass is 10.1. The first-order valence-electron chi connectivity index (χ1n) is 3.84. The zero-order valence-electron chi connectivity index (χ0n) is 7.34. The number of pyridine rings is 1. The second kappa shape index (κ2) is 4.81. The maximum Gasteiger partial charge on any atom is 0.280 e. The second-order valence-electron chi connectivity index (χ2n) is 2.60. The lowest BCUT2D eigenvalue weighted by Crippen LogP contribution is -2.00. The number of alkyl halides is 2. The van der Waals surface area contributed by atoms with E-state index in [0.717, 1.165) is 6.07 Å². The molecule has 1 rings (SSSR count). The van der Waals surface area contributed by atoms with Gasteiger partial charge in [0, 0.05) is 10.0 Å². The highest BCUT2D eigenvalue weighted by Gasteiger charge is 2.15. The highest BCUT2D eigenvalue weighted by atomic mass is 79.9. The Balaban J connectivity index is 3.33. The molecule has 0 fully saturated rings. The molecule has 0 saturated carbocycles. The minimum Gasteiger partial charge on any atom is -0.236 e. The number of nitriles is 2. The lowest BCUT2D eigenvalue weighted by Gasteiger charge is -2.05. The third kappa shape index (κ3) is 2.48. The number of aromatic nitrogens is 1. The topological polar surface area (TPSA) is 60.5 Å². The van der Waals surface area contributed by atoms with Gasteiger partial charge in [-0.05, 0) is 6.07 Å². The van der Waals surface area contributed by atoms with Crippen LogP contribution >= 0.6 is 15.9 Å². The average Bonchev–Trinajstić information content (AvgIpc) is 2.20. The third-order valence-corrected chi connectivity index (χ3v) is 2.38. The Bertz CT molecular complexity index is 460. The molecule has 0 aromatic carbocycles. The highest BCUT2D eigenvalue weighted by Crippen LogP contribution is 2.25. The molecule has 1 heterocycles. The van der Waals surface area contributed by atoms with Crippen LogP contribution in [-0.2, 0) is 6.42 Å². The molecular formula is C9H4BrF2N3. The highest BCUT2D eigenvalue weighted by molar-refractivity contribution is 9.10. The summed E-state index contributed by atoms with van der Waals surface area (Å²) in [4.78, 5) is 3.48. The van der Waals surface area contributed by atoms with E-state index in [4.69, 9.17) is 10.5 Å². The van der Waals surface area contributed by atoms with Gasteiger partial charge in [0.1, 0.15) is 17.5 Å². The van der Waals surface area contributed by atoms with E-state index in [1.807, 2.05) is 6.07 Å². The Hall–Kier alpha value is -1.53. The Morgan fingerprint density at radius 3 is 2.60 bits per heavy atom. The molecule has 0 aliphatic carbocycles. The van der Waals surface area contributed by atoms with Crippen LogP contribution in [0.25, 0.3) is 0 Å². The van der Waals surface area contributed by atoms with E-state index >= 15 is 0 Å². The minimum atomic E-state index is -2.73. The summed E-state index contributed by atoms with van der Waals surface area (Å²) in [6.45, 7) is 0. The molecule has 0 aliphatic rings. The van der Waals surface area contributed by atoms with Crippen LogP contribution in [0, 0.1) is 22.7 Å². The van der Waals surface area contributed by atoms with Crippen LogP contribution in [0.3, 0.4) is 0 Å². The van der Waals surface area contributed by atoms with Crippen molar-refractivity contribution < 1.29 is 8.78 Å². The zero-order valence-corrected chi connectivity index (χ0v) is 8.92.